The van der Waals surface area contributed by atoms with Gasteiger partial charge in [0.05, 0.1) is 22.6 Å². The summed E-state index contributed by atoms with van der Waals surface area (Å²) < 4.78 is 0. The first-order valence-corrected chi connectivity index (χ1v) is 4.20. The fourth-order valence-electron chi connectivity index (χ4n) is 1.18. The summed E-state index contributed by atoms with van der Waals surface area (Å²) in [6.45, 7) is 0. The topological polar surface area (TPSA) is 54.7 Å². The third-order valence-electron chi connectivity index (χ3n) is 1.81. The SMILES string of the molecule is Nc1cn[nH]c1-c1ccccc1Cl. The van der Waals surface area contributed by atoms with Crippen LogP contribution in [0, 0.1) is 0 Å². The van der Waals surface area contributed by atoms with E-state index >= 15 is 0 Å². The van der Waals surface area contributed by atoms with Crippen LogP contribution in [0.3, 0.4) is 0 Å². The molecule has 0 saturated carbocycles. The first kappa shape index (κ1) is 8.13. The summed E-state index contributed by atoms with van der Waals surface area (Å²) in [6, 6.07) is 7.49. The van der Waals surface area contributed by atoms with Crippen LogP contribution >= 0.6 is 11.6 Å². The van der Waals surface area contributed by atoms with Crippen LogP contribution in [-0.2, 0) is 0 Å². The number of nitrogens with one attached hydrogen (secondary N) is 1. The molecular weight excluding hydrogens is 186 g/mol. The van der Waals surface area contributed by atoms with Crippen LogP contribution in [0.1, 0.15) is 0 Å². The van der Waals surface area contributed by atoms with Crippen LogP contribution in [-0.4, -0.2) is 10.2 Å². The van der Waals surface area contributed by atoms with E-state index in [2.05, 4.69) is 10.2 Å². The van der Waals surface area contributed by atoms with Crippen molar-refractivity contribution in [1.29, 1.82) is 0 Å². The first-order chi connectivity index (χ1) is 6.29. The van der Waals surface area contributed by atoms with Gasteiger partial charge in [0.25, 0.3) is 0 Å². The third-order valence-corrected chi connectivity index (χ3v) is 2.14. The van der Waals surface area contributed by atoms with Crippen LogP contribution in [0.2, 0.25) is 5.02 Å². The number of anilines is 1. The zero-order valence-electron chi connectivity index (χ0n) is 6.79. The Labute approximate surface area is 80.5 Å². The molecule has 1 heterocycles. The lowest BCUT2D eigenvalue weighted by molar-refractivity contribution is 1.10. The molecule has 1 aromatic carbocycles. The zero-order valence-corrected chi connectivity index (χ0v) is 7.55. The van der Waals surface area contributed by atoms with Gasteiger partial charge in [-0.05, 0) is 6.07 Å². The lowest BCUT2D eigenvalue weighted by atomic mass is 10.1. The largest absolute Gasteiger partial charge is 0.396 e. The highest BCUT2D eigenvalue weighted by molar-refractivity contribution is 6.33. The van der Waals surface area contributed by atoms with Crippen LogP contribution in [0.4, 0.5) is 5.69 Å². The molecule has 0 spiro atoms. The van der Waals surface area contributed by atoms with E-state index < -0.39 is 0 Å². The molecule has 0 aliphatic heterocycles. The van der Waals surface area contributed by atoms with Gasteiger partial charge in [0, 0.05) is 5.56 Å². The molecule has 0 radical (unpaired) electrons. The summed E-state index contributed by atoms with van der Waals surface area (Å²) in [6.07, 6.45) is 1.57. The van der Waals surface area contributed by atoms with Gasteiger partial charge in [0.1, 0.15) is 0 Å². The van der Waals surface area contributed by atoms with Crippen molar-refractivity contribution in [3.8, 4) is 11.3 Å². The number of nitrogens with two attached hydrogens (primary N) is 1. The Morgan fingerprint density at radius 3 is 2.69 bits per heavy atom. The molecule has 13 heavy (non-hydrogen) atoms. The number of nitrogens with zero attached hydrogens (tertiary/aromatic N) is 1. The fourth-order valence-corrected chi connectivity index (χ4v) is 1.41. The Balaban J connectivity index is 2.59. The Kier molecular flexibility index (Phi) is 1.94. The van der Waals surface area contributed by atoms with E-state index in [9.17, 15) is 0 Å². The van der Waals surface area contributed by atoms with Gasteiger partial charge in [0.15, 0.2) is 0 Å². The molecule has 2 aromatic rings. The van der Waals surface area contributed by atoms with E-state index in [0.29, 0.717) is 10.7 Å². The van der Waals surface area contributed by atoms with Crippen LogP contribution in [0.25, 0.3) is 11.3 Å². The predicted octanol–water partition coefficient (Wildman–Crippen LogP) is 2.31. The van der Waals surface area contributed by atoms with Crippen molar-refractivity contribution in [2.45, 2.75) is 0 Å². The fraction of sp³-hybridized carbons (Fsp3) is 0. The minimum absolute atomic E-state index is 0.605. The minimum Gasteiger partial charge on any atom is -0.396 e. The second kappa shape index (κ2) is 3.11. The molecule has 0 unspecified atom stereocenters. The second-order valence-corrected chi connectivity index (χ2v) is 3.09. The van der Waals surface area contributed by atoms with E-state index in [1.54, 1.807) is 6.20 Å². The van der Waals surface area contributed by atoms with Crippen LogP contribution in [0.15, 0.2) is 30.5 Å². The first-order valence-electron chi connectivity index (χ1n) is 3.83. The molecule has 66 valence electrons. The summed E-state index contributed by atoms with van der Waals surface area (Å²) in [7, 11) is 0. The summed E-state index contributed by atoms with van der Waals surface area (Å²) in [5.41, 5.74) is 7.94. The van der Waals surface area contributed by atoms with Gasteiger partial charge in [-0.3, -0.25) is 5.10 Å². The maximum absolute atomic E-state index is 5.98. The number of halogens is 1. The molecule has 0 aliphatic carbocycles. The van der Waals surface area contributed by atoms with Crippen molar-refractivity contribution in [3.05, 3.63) is 35.5 Å². The van der Waals surface area contributed by atoms with Crippen LogP contribution in [0.5, 0.6) is 0 Å². The summed E-state index contributed by atoms with van der Waals surface area (Å²) in [5, 5.41) is 7.30. The standard InChI is InChI=1S/C9H8ClN3/c10-7-4-2-1-3-6(7)9-8(11)5-12-13-9/h1-5H,11H2,(H,12,13). The molecule has 2 rings (SSSR count). The molecule has 0 amide bonds. The van der Waals surface area contributed by atoms with E-state index in [-0.39, 0.29) is 0 Å². The van der Waals surface area contributed by atoms with Crippen LogP contribution < -0.4 is 5.73 Å². The van der Waals surface area contributed by atoms with Crippen molar-refractivity contribution in [2.24, 2.45) is 0 Å². The lowest BCUT2D eigenvalue weighted by Crippen LogP contribution is -1.86. The van der Waals surface area contributed by atoms with E-state index in [1.165, 1.54) is 0 Å². The van der Waals surface area contributed by atoms with Crippen molar-refractivity contribution >= 4 is 17.3 Å². The van der Waals surface area contributed by atoms with Crippen molar-refractivity contribution < 1.29 is 0 Å². The highest BCUT2D eigenvalue weighted by atomic mass is 35.5. The molecule has 1 aromatic heterocycles. The molecule has 0 atom stereocenters. The quantitative estimate of drug-likeness (QED) is 0.730. The number of aromatic amines is 1. The van der Waals surface area contributed by atoms with Gasteiger partial charge in [-0.25, -0.2) is 0 Å². The molecular formula is C9H8ClN3. The third kappa shape index (κ3) is 1.38. The zero-order chi connectivity index (χ0) is 9.26. The minimum atomic E-state index is 0.605. The Bertz CT molecular complexity index is 422. The molecule has 0 saturated heterocycles. The second-order valence-electron chi connectivity index (χ2n) is 2.68. The number of hydrogen-bond donors (Lipinski definition) is 2. The molecule has 3 N–H and O–H groups in total. The Morgan fingerprint density at radius 1 is 1.31 bits per heavy atom. The van der Waals surface area contributed by atoms with E-state index in [0.717, 1.165) is 11.3 Å². The number of rotatable bonds is 1. The van der Waals surface area contributed by atoms with Crippen molar-refractivity contribution in [2.75, 3.05) is 5.73 Å². The molecule has 4 heteroatoms. The lowest BCUT2D eigenvalue weighted by Gasteiger charge is -2.01. The highest BCUT2D eigenvalue weighted by Gasteiger charge is 2.06. The smallest absolute Gasteiger partial charge is 0.0894 e. The molecule has 0 fully saturated rings. The number of hydrogen-bond acceptors (Lipinski definition) is 2. The van der Waals surface area contributed by atoms with Gasteiger partial charge in [-0.15, -0.1) is 0 Å². The molecule has 0 bridgehead atoms. The monoisotopic (exact) mass is 193 g/mol. The van der Waals surface area contributed by atoms with E-state index in [1.807, 2.05) is 24.3 Å². The normalized spacial score (nSPS) is 10.2. The van der Waals surface area contributed by atoms with Gasteiger partial charge < -0.3 is 5.73 Å². The predicted molar refractivity (Wildman–Crippen MR) is 53.4 cm³/mol. The van der Waals surface area contributed by atoms with Crippen molar-refractivity contribution in [3.63, 3.8) is 0 Å². The van der Waals surface area contributed by atoms with Gasteiger partial charge >= 0.3 is 0 Å². The molecule has 3 nitrogen and oxygen atoms in total. The number of H-pyrrole nitrogens is 1. The summed E-state index contributed by atoms with van der Waals surface area (Å²) in [5.74, 6) is 0. The Morgan fingerprint density at radius 2 is 2.08 bits per heavy atom. The van der Waals surface area contributed by atoms with Gasteiger partial charge in [0.2, 0.25) is 0 Å². The average Bonchev–Trinajstić information content (AvgIpc) is 2.52. The van der Waals surface area contributed by atoms with E-state index in [4.69, 9.17) is 17.3 Å². The maximum Gasteiger partial charge on any atom is 0.0894 e. The summed E-state index contributed by atoms with van der Waals surface area (Å²) in [4.78, 5) is 0. The number of aromatic nitrogens is 2. The Hall–Kier alpha value is -1.48. The van der Waals surface area contributed by atoms with Gasteiger partial charge in [-0.2, -0.15) is 5.10 Å². The van der Waals surface area contributed by atoms with Crippen molar-refractivity contribution in [1.82, 2.24) is 10.2 Å². The molecule has 0 aliphatic rings. The maximum atomic E-state index is 5.98. The summed E-state index contributed by atoms with van der Waals surface area (Å²) >= 11 is 5.98. The highest BCUT2D eigenvalue weighted by Crippen LogP contribution is 2.29. The number of benzene rings is 1. The number of nitrogen functional groups attached to an aromatic ring is 1. The van der Waals surface area contributed by atoms with Gasteiger partial charge in [-0.1, -0.05) is 29.8 Å². The average molecular weight is 194 g/mol.